The van der Waals surface area contributed by atoms with Gasteiger partial charge in [-0.25, -0.2) is 0 Å². The molecule has 1 atom stereocenters. The van der Waals surface area contributed by atoms with E-state index in [9.17, 15) is 4.79 Å². The summed E-state index contributed by atoms with van der Waals surface area (Å²) in [6.45, 7) is 8.02. The van der Waals surface area contributed by atoms with Crippen molar-refractivity contribution in [2.75, 3.05) is 33.4 Å². The summed E-state index contributed by atoms with van der Waals surface area (Å²) in [4.78, 5) is 14.2. The zero-order valence-electron chi connectivity index (χ0n) is 25.6. The summed E-state index contributed by atoms with van der Waals surface area (Å²) in [5.74, 6) is 0.654. The van der Waals surface area contributed by atoms with Crippen LogP contribution in [0.3, 0.4) is 0 Å². The first kappa shape index (κ1) is 29.7. The minimum absolute atomic E-state index is 0.0729. The maximum Gasteiger partial charge on any atom is 0.310 e. The van der Waals surface area contributed by atoms with E-state index >= 15 is 0 Å². The van der Waals surface area contributed by atoms with Crippen LogP contribution in [0.5, 0.6) is 0 Å². The van der Waals surface area contributed by atoms with Gasteiger partial charge in [-0.05, 0) is 89.0 Å². The Morgan fingerprint density at radius 3 is 2.30 bits per heavy atom. The molecule has 0 amide bonds. The Hall–Kier alpha value is -4.37. The molecule has 1 aliphatic heterocycles. The lowest BCUT2D eigenvalue weighted by Crippen LogP contribution is -2.24. The van der Waals surface area contributed by atoms with Gasteiger partial charge in [0.1, 0.15) is 0 Å². The van der Waals surface area contributed by atoms with Gasteiger partial charge in [-0.2, -0.15) is 0 Å². The van der Waals surface area contributed by atoms with Gasteiger partial charge < -0.3 is 15.2 Å². The van der Waals surface area contributed by atoms with Gasteiger partial charge in [0, 0.05) is 25.8 Å². The summed E-state index contributed by atoms with van der Waals surface area (Å²) in [5, 5.41) is 21.2. The Balaban J connectivity index is 1.25. The summed E-state index contributed by atoms with van der Waals surface area (Å²) >= 11 is 0. The van der Waals surface area contributed by atoms with E-state index < -0.39 is 0 Å². The van der Waals surface area contributed by atoms with Crippen LogP contribution in [0, 0.1) is 19.8 Å². The molecule has 0 aliphatic carbocycles. The van der Waals surface area contributed by atoms with E-state index in [0.29, 0.717) is 19.6 Å². The van der Waals surface area contributed by atoms with E-state index in [1.807, 2.05) is 4.40 Å². The van der Waals surface area contributed by atoms with E-state index in [0.717, 1.165) is 36.5 Å². The number of hydrogen-bond acceptors (Lipinski definition) is 7. The van der Waals surface area contributed by atoms with Crippen molar-refractivity contribution in [3.63, 3.8) is 0 Å². The van der Waals surface area contributed by atoms with Crippen LogP contribution in [0.1, 0.15) is 28.9 Å². The van der Waals surface area contributed by atoms with Crippen LogP contribution in [0.15, 0.2) is 79.0 Å². The maximum atomic E-state index is 11.9. The van der Waals surface area contributed by atoms with Crippen molar-refractivity contribution in [3.05, 3.63) is 102 Å². The predicted octanol–water partition coefficient (Wildman–Crippen LogP) is 5.42. The zero-order valence-corrected chi connectivity index (χ0v) is 25.6. The number of fused-ring (bicyclic) bond motifs is 1. The number of carbonyl (C=O) groups is 1. The van der Waals surface area contributed by atoms with Gasteiger partial charge in [-0.1, -0.05) is 60.7 Å². The number of esters is 1. The molecule has 0 spiro atoms. The molecule has 0 unspecified atom stereocenters. The minimum Gasteiger partial charge on any atom is -0.469 e. The lowest BCUT2D eigenvalue weighted by molar-refractivity contribution is -0.144. The molecule has 5 aromatic rings. The number of aliphatic hydroxyl groups is 1. The molecule has 0 radical (unpaired) electrons. The fourth-order valence-electron chi connectivity index (χ4n) is 6.35. The number of hydrogen-bond donors (Lipinski definition) is 2. The number of ether oxygens (including phenoxy) is 1. The predicted molar refractivity (Wildman–Crippen MR) is 173 cm³/mol. The Kier molecular flexibility index (Phi) is 8.84. The first-order chi connectivity index (χ1) is 21.5. The second-order valence-corrected chi connectivity index (χ2v) is 11.6. The lowest BCUT2D eigenvalue weighted by atomic mass is 9.88. The third-order valence-electron chi connectivity index (χ3n) is 8.80. The average molecular weight is 590 g/mol. The molecule has 1 aliphatic rings. The number of nitrogens with zero attached hydrogens (tertiary/aromatic N) is 4. The standard InChI is InChI=1S/C36H39N5O3/c1-24-30(27-12-10-26(11-13-27)21-37-16-19-42)6-4-8-32(24)33-9-5-7-31(25(33)2)28-15-18-41-34(20-28)38-39-35(41)23-40-17-14-29(22-40)36(43)44-3/h4-13,15,18,20,29,37,42H,14,16-17,19,21-23H2,1-3H3/t29-/m1/s1. The van der Waals surface area contributed by atoms with Gasteiger partial charge >= 0.3 is 5.97 Å². The molecule has 226 valence electrons. The third-order valence-corrected chi connectivity index (χ3v) is 8.80. The van der Waals surface area contributed by atoms with Gasteiger partial charge in [-0.15, -0.1) is 10.2 Å². The minimum atomic E-state index is -0.138. The van der Waals surface area contributed by atoms with Crippen molar-refractivity contribution < 1.29 is 14.6 Å². The van der Waals surface area contributed by atoms with Gasteiger partial charge in [0.15, 0.2) is 11.5 Å². The first-order valence-corrected chi connectivity index (χ1v) is 15.2. The number of carbonyl (C=O) groups excluding carboxylic acids is 1. The van der Waals surface area contributed by atoms with Crippen LogP contribution in [0.2, 0.25) is 0 Å². The molecular weight excluding hydrogens is 550 g/mol. The summed E-state index contributed by atoms with van der Waals surface area (Å²) in [6.07, 6.45) is 2.86. The molecule has 0 bridgehead atoms. The fraction of sp³-hybridized carbons (Fsp3) is 0.306. The van der Waals surface area contributed by atoms with E-state index in [4.69, 9.17) is 9.84 Å². The smallest absolute Gasteiger partial charge is 0.310 e. The van der Waals surface area contributed by atoms with Gasteiger partial charge in [0.05, 0.1) is 26.2 Å². The molecule has 1 fully saturated rings. The van der Waals surface area contributed by atoms with Crippen LogP contribution in [-0.4, -0.2) is 63.9 Å². The van der Waals surface area contributed by atoms with Crippen LogP contribution in [0.25, 0.3) is 39.0 Å². The third kappa shape index (κ3) is 6.01. The molecule has 2 aromatic heterocycles. The van der Waals surface area contributed by atoms with E-state index in [1.54, 1.807) is 0 Å². The first-order valence-electron chi connectivity index (χ1n) is 15.2. The SMILES string of the molecule is COC(=O)[C@@H]1CCN(Cc2nnc3cc(-c4cccc(-c5cccc(-c6ccc(CNCCO)cc6)c5C)c4C)ccn23)C1. The van der Waals surface area contributed by atoms with Crippen molar-refractivity contribution in [1.29, 1.82) is 0 Å². The number of rotatable bonds is 10. The molecule has 0 saturated carbocycles. The van der Waals surface area contributed by atoms with Crippen molar-refractivity contribution in [3.8, 4) is 33.4 Å². The number of likely N-dealkylation sites (tertiary alicyclic amines) is 1. The normalized spacial score (nSPS) is 15.2. The van der Waals surface area contributed by atoms with E-state index in [-0.39, 0.29) is 18.5 Å². The van der Waals surface area contributed by atoms with Gasteiger partial charge in [0.2, 0.25) is 0 Å². The van der Waals surface area contributed by atoms with Crippen molar-refractivity contribution in [2.24, 2.45) is 5.92 Å². The van der Waals surface area contributed by atoms with E-state index in [2.05, 4.69) is 113 Å². The second-order valence-electron chi connectivity index (χ2n) is 11.6. The highest BCUT2D eigenvalue weighted by Crippen LogP contribution is 2.37. The lowest BCUT2D eigenvalue weighted by Gasteiger charge is -2.17. The van der Waals surface area contributed by atoms with Gasteiger partial charge in [-0.3, -0.25) is 14.1 Å². The molecule has 44 heavy (non-hydrogen) atoms. The van der Waals surface area contributed by atoms with Crippen molar-refractivity contribution >= 4 is 11.6 Å². The number of nitrogens with one attached hydrogen (secondary N) is 1. The molecule has 1 saturated heterocycles. The van der Waals surface area contributed by atoms with Crippen LogP contribution in [-0.2, 0) is 22.6 Å². The molecule has 8 heteroatoms. The quantitative estimate of drug-likeness (QED) is 0.166. The largest absolute Gasteiger partial charge is 0.469 e. The molecule has 3 heterocycles. The number of aliphatic hydroxyl groups excluding tert-OH is 1. The number of methoxy groups -OCH3 is 1. The maximum absolute atomic E-state index is 11.9. The highest BCUT2D eigenvalue weighted by molar-refractivity contribution is 5.84. The van der Waals surface area contributed by atoms with E-state index in [1.165, 1.54) is 51.6 Å². The summed E-state index contributed by atoms with van der Waals surface area (Å²) in [6, 6.07) is 25.9. The zero-order chi connectivity index (χ0) is 30.6. The van der Waals surface area contributed by atoms with Crippen molar-refractivity contribution in [2.45, 2.75) is 33.4 Å². The van der Waals surface area contributed by atoms with Crippen molar-refractivity contribution in [1.82, 2.24) is 24.8 Å². The Morgan fingerprint density at radius 2 is 1.61 bits per heavy atom. The summed E-state index contributed by atoms with van der Waals surface area (Å²) in [5.41, 5.74) is 11.6. The van der Waals surface area contributed by atoms with Crippen LogP contribution < -0.4 is 5.32 Å². The average Bonchev–Trinajstić information content (AvgIpc) is 3.69. The monoisotopic (exact) mass is 589 g/mol. The Labute approximate surface area is 258 Å². The second kappa shape index (κ2) is 13.1. The van der Waals surface area contributed by atoms with Gasteiger partial charge in [0.25, 0.3) is 0 Å². The number of aromatic nitrogens is 3. The summed E-state index contributed by atoms with van der Waals surface area (Å²) in [7, 11) is 1.45. The summed E-state index contributed by atoms with van der Waals surface area (Å²) < 4.78 is 6.97. The molecular formula is C36H39N5O3. The number of pyridine rings is 1. The van der Waals surface area contributed by atoms with Crippen LogP contribution in [0.4, 0.5) is 0 Å². The molecule has 8 nitrogen and oxygen atoms in total. The topological polar surface area (TPSA) is 92.0 Å². The molecule has 6 rings (SSSR count). The molecule has 3 aromatic carbocycles. The Morgan fingerprint density at radius 1 is 0.932 bits per heavy atom. The number of benzene rings is 3. The molecule has 2 N–H and O–H groups in total. The fourth-order valence-corrected chi connectivity index (χ4v) is 6.35. The Bertz CT molecular complexity index is 1780. The highest BCUT2D eigenvalue weighted by atomic mass is 16.5. The highest BCUT2D eigenvalue weighted by Gasteiger charge is 2.29. The van der Waals surface area contributed by atoms with Crippen LogP contribution >= 0.6 is 0 Å².